The molecule has 1 N–H and O–H groups in total. The van der Waals surface area contributed by atoms with Crippen LogP contribution in [0.4, 0.5) is 24.5 Å². The van der Waals surface area contributed by atoms with E-state index in [4.69, 9.17) is 0 Å². The van der Waals surface area contributed by atoms with E-state index in [9.17, 15) is 27.6 Å². The molecule has 10 heteroatoms. The Bertz CT molecular complexity index is 1420. The van der Waals surface area contributed by atoms with E-state index in [1.165, 1.54) is 29.2 Å². The van der Waals surface area contributed by atoms with Gasteiger partial charge in [-0.05, 0) is 59.7 Å². The number of nitrogens with one attached hydrogen (secondary N) is 1. The van der Waals surface area contributed by atoms with Crippen molar-refractivity contribution < 1.29 is 27.6 Å². The van der Waals surface area contributed by atoms with Gasteiger partial charge in [0.1, 0.15) is 6.04 Å². The van der Waals surface area contributed by atoms with E-state index in [-0.39, 0.29) is 36.8 Å². The number of hydrogen-bond donors (Lipinski definition) is 1. The van der Waals surface area contributed by atoms with Gasteiger partial charge in [-0.3, -0.25) is 14.4 Å². The number of rotatable bonds is 3. The lowest BCUT2D eigenvalue weighted by molar-refractivity contribution is -0.137. The van der Waals surface area contributed by atoms with Crippen LogP contribution in [0.5, 0.6) is 0 Å². The lowest BCUT2D eigenvalue weighted by Crippen LogP contribution is -2.59. The fraction of sp³-hybridized carbons (Fsp3) is 0.250. The van der Waals surface area contributed by atoms with Crippen molar-refractivity contribution in [1.29, 1.82) is 0 Å². The number of nitrogens with zero attached hydrogens (tertiary/aromatic N) is 3. The molecular formula is C28H25F3N4O3. The summed E-state index contributed by atoms with van der Waals surface area (Å²) in [6.45, 7) is 0.415. The van der Waals surface area contributed by atoms with Gasteiger partial charge in [0.05, 0.1) is 23.4 Å². The third-order valence-electron chi connectivity index (χ3n) is 6.89. The number of alkyl halides is 3. The molecule has 0 aliphatic carbocycles. The predicted molar refractivity (Wildman–Crippen MR) is 137 cm³/mol. The fourth-order valence-corrected chi connectivity index (χ4v) is 4.78. The van der Waals surface area contributed by atoms with Crippen molar-refractivity contribution in [3.63, 3.8) is 0 Å². The van der Waals surface area contributed by atoms with Crippen molar-refractivity contribution in [2.45, 2.75) is 12.2 Å². The van der Waals surface area contributed by atoms with Crippen LogP contribution in [0.15, 0.2) is 66.7 Å². The highest BCUT2D eigenvalue weighted by Gasteiger charge is 2.40. The summed E-state index contributed by atoms with van der Waals surface area (Å²) in [5.74, 6) is -1.08. The fourth-order valence-electron chi connectivity index (χ4n) is 4.78. The average molecular weight is 523 g/mol. The first-order valence-electron chi connectivity index (χ1n) is 12.0. The Morgan fingerprint density at radius 1 is 0.947 bits per heavy atom. The van der Waals surface area contributed by atoms with E-state index in [1.807, 2.05) is 31.1 Å². The van der Waals surface area contributed by atoms with Gasteiger partial charge in [0.15, 0.2) is 0 Å². The van der Waals surface area contributed by atoms with Crippen LogP contribution in [0.2, 0.25) is 0 Å². The number of carbonyl (C=O) groups is 3. The molecule has 3 aromatic rings. The maximum Gasteiger partial charge on any atom is 0.416 e. The van der Waals surface area contributed by atoms with Gasteiger partial charge in [0.25, 0.3) is 11.8 Å². The average Bonchev–Trinajstić information content (AvgIpc) is 3.01. The molecule has 2 aliphatic rings. The van der Waals surface area contributed by atoms with E-state index in [2.05, 4.69) is 5.32 Å². The van der Waals surface area contributed by atoms with E-state index >= 15 is 0 Å². The molecule has 1 fully saturated rings. The van der Waals surface area contributed by atoms with Gasteiger partial charge in [0, 0.05) is 38.4 Å². The topological polar surface area (TPSA) is 73.0 Å². The molecule has 3 aromatic carbocycles. The molecule has 0 aromatic heterocycles. The number of hydrogen-bond acceptors (Lipinski definition) is 4. The summed E-state index contributed by atoms with van der Waals surface area (Å²) < 4.78 is 39.6. The molecule has 3 amide bonds. The smallest absolute Gasteiger partial charge is 0.378 e. The second kappa shape index (κ2) is 9.51. The summed E-state index contributed by atoms with van der Waals surface area (Å²) in [6, 6.07) is 15.7. The number of fused-ring (bicyclic) bond motifs is 2. The zero-order valence-corrected chi connectivity index (χ0v) is 20.7. The van der Waals surface area contributed by atoms with Gasteiger partial charge in [-0.25, -0.2) is 0 Å². The van der Waals surface area contributed by atoms with Crippen LogP contribution in [0, 0.1) is 0 Å². The second-order valence-electron chi connectivity index (χ2n) is 9.53. The third-order valence-corrected chi connectivity index (χ3v) is 6.89. The predicted octanol–water partition coefficient (Wildman–Crippen LogP) is 4.36. The molecule has 1 atom stereocenters. The highest BCUT2D eigenvalue weighted by molar-refractivity contribution is 6.11. The maximum absolute atomic E-state index is 13.5. The Labute approximate surface area is 217 Å². The van der Waals surface area contributed by atoms with Gasteiger partial charge in [-0.15, -0.1) is 0 Å². The minimum absolute atomic E-state index is 0.0281. The highest BCUT2D eigenvalue weighted by atomic mass is 19.4. The van der Waals surface area contributed by atoms with Gasteiger partial charge in [-0.1, -0.05) is 18.2 Å². The number of carbonyl (C=O) groups excluding carboxylic acids is 3. The van der Waals surface area contributed by atoms with Crippen molar-refractivity contribution in [2.24, 2.45) is 0 Å². The molecule has 38 heavy (non-hydrogen) atoms. The first-order chi connectivity index (χ1) is 18.0. The Morgan fingerprint density at radius 2 is 1.66 bits per heavy atom. The molecule has 0 bridgehead atoms. The number of benzene rings is 3. The largest absolute Gasteiger partial charge is 0.416 e. The van der Waals surface area contributed by atoms with Gasteiger partial charge in [-0.2, -0.15) is 13.2 Å². The molecule has 196 valence electrons. The van der Waals surface area contributed by atoms with Crippen LogP contribution < -0.4 is 10.2 Å². The van der Waals surface area contributed by atoms with E-state index in [0.717, 1.165) is 17.8 Å². The second-order valence-corrected chi connectivity index (χ2v) is 9.53. The van der Waals surface area contributed by atoms with Crippen molar-refractivity contribution >= 4 is 29.1 Å². The highest BCUT2D eigenvalue weighted by Crippen LogP contribution is 2.34. The van der Waals surface area contributed by atoms with Crippen LogP contribution in [-0.2, 0) is 11.0 Å². The van der Waals surface area contributed by atoms with Crippen LogP contribution in [-0.4, -0.2) is 67.3 Å². The minimum atomic E-state index is -4.50. The molecular weight excluding hydrogens is 497 g/mol. The van der Waals surface area contributed by atoms with E-state index in [1.54, 1.807) is 23.1 Å². The third kappa shape index (κ3) is 4.69. The van der Waals surface area contributed by atoms with Crippen LogP contribution >= 0.6 is 0 Å². The summed E-state index contributed by atoms with van der Waals surface area (Å²) in [5, 5.41) is 2.76. The lowest BCUT2D eigenvalue weighted by atomic mass is 9.99. The van der Waals surface area contributed by atoms with Gasteiger partial charge >= 0.3 is 6.18 Å². The zero-order chi connectivity index (χ0) is 27.2. The minimum Gasteiger partial charge on any atom is -0.378 e. The molecule has 1 saturated heterocycles. The lowest BCUT2D eigenvalue weighted by Gasteiger charge is -2.39. The summed E-state index contributed by atoms with van der Waals surface area (Å²) in [7, 11) is 3.80. The standard InChI is InChI=1S/C28H25F3N4O3/c1-33(2)21-9-6-17(7-10-21)26(37)34-12-13-35-24(16-34)25(36)32-23-11-8-19(15-22(23)27(35)38)18-4-3-5-20(14-18)28(29,30)31/h3-11,14-15,24H,12-13,16H2,1-2H3,(H,32,36). The molecule has 5 rings (SSSR count). The monoisotopic (exact) mass is 522 g/mol. The summed E-state index contributed by atoms with van der Waals surface area (Å²) in [6.07, 6.45) is -4.50. The van der Waals surface area contributed by atoms with E-state index in [0.29, 0.717) is 16.7 Å². The SMILES string of the molecule is CN(C)c1ccc(C(=O)N2CCN3C(=O)c4cc(-c5cccc(C(F)(F)F)c5)ccc4NC(=O)C3C2)cc1. The van der Waals surface area contributed by atoms with Crippen molar-refractivity contribution in [3.8, 4) is 11.1 Å². The summed E-state index contributed by atoms with van der Waals surface area (Å²) in [5.41, 5.74) is 1.84. The number of amides is 3. The quantitative estimate of drug-likeness (QED) is 0.555. The summed E-state index contributed by atoms with van der Waals surface area (Å²) >= 11 is 0. The molecule has 2 heterocycles. The molecule has 1 unspecified atom stereocenters. The first-order valence-corrected chi connectivity index (χ1v) is 12.0. The number of piperazine rings is 1. The Morgan fingerprint density at radius 3 is 2.34 bits per heavy atom. The first kappa shape index (κ1) is 25.3. The van der Waals surface area contributed by atoms with Crippen molar-refractivity contribution in [2.75, 3.05) is 43.9 Å². The van der Waals surface area contributed by atoms with Crippen molar-refractivity contribution in [3.05, 3.63) is 83.4 Å². The number of anilines is 2. The van der Waals surface area contributed by atoms with Gasteiger partial charge < -0.3 is 20.0 Å². The summed E-state index contributed by atoms with van der Waals surface area (Å²) in [4.78, 5) is 44.7. The Kier molecular flexibility index (Phi) is 6.34. The Hall–Kier alpha value is -4.34. The molecule has 0 saturated carbocycles. The maximum atomic E-state index is 13.5. The Balaban J connectivity index is 1.39. The van der Waals surface area contributed by atoms with Crippen LogP contribution in [0.25, 0.3) is 11.1 Å². The molecule has 0 radical (unpaired) electrons. The molecule has 2 aliphatic heterocycles. The zero-order valence-electron chi connectivity index (χ0n) is 20.7. The van der Waals surface area contributed by atoms with Crippen molar-refractivity contribution in [1.82, 2.24) is 9.80 Å². The van der Waals surface area contributed by atoms with E-state index < -0.39 is 29.6 Å². The molecule has 0 spiro atoms. The van der Waals surface area contributed by atoms with Crippen LogP contribution in [0.1, 0.15) is 26.3 Å². The van der Waals surface area contributed by atoms with Crippen LogP contribution in [0.3, 0.4) is 0 Å². The number of halogens is 3. The van der Waals surface area contributed by atoms with Gasteiger partial charge in [0.2, 0.25) is 5.91 Å². The normalized spacial score (nSPS) is 17.3. The molecule has 7 nitrogen and oxygen atoms in total.